The number of nitrogen functional groups attached to an aromatic ring is 1. The van der Waals surface area contributed by atoms with Crippen molar-refractivity contribution in [2.75, 3.05) is 5.73 Å². The molecular weight excluding hydrogens is 260 g/mol. The van der Waals surface area contributed by atoms with Crippen LogP contribution in [-0.4, -0.2) is 14.5 Å². The third-order valence-corrected chi connectivity index (χ3v) is 5.38. The lowest BCUT2D eigenvalue weighted by molar-refractivity contribution is 0.538. The minimum absolute atomic E-state index is 0.0612. The number of nitrogens with one attached hydrogen (secondary N) is 1. The standard InChI is InChI=1S/C14H22N2O2S/c1-3-11-5-6-12(15)9-14(11)19(17,18)16-13-7-4-10(2)8-13/h5-6,9-10,13,16H,3-4,7-8,15H2,1-2H3. The van der Waals surface area contributed by atoms with Crippen LogP contribution >= 0.6 is 0 Å². The average molecular weight is 282 g/mol. The van der Waals surface area contributed by atoms with Gasteiger partial charge in [-0.3, -0.25) is 0 Å². The Balaban J connectivity index is 2.26. The van der Waals surface area contributed by atoms with Crippen LogP contribution in [-0.2, 0) is 16.4 Å². The van der Waals surface area contributed by atoms with Crippen molar-refractivity contribution in [1.29, 1.82) is 0 Å². The molecule has 0 amide bonds. The Morgan fingerprint density at radius 3 is 2.68 bits per heavy atom. The Bertz CT molecular complexity index is 555. The number of nitrogens with two attached hydrogens (primary N) is 1. The van der Waals surface area contributed by atoms with Crippen LogP contribution in [0.25, 0.3) is 0 Å². The second-order valence-electron chi connectivity index (χ2n) is 5.46. The summed E-state index contributed by atoms with van der Waals surface area (Å²) in [7, 11) is -3.46. The highest BCUT2D eigenvalue weighted by Crippen LogP contribution is 2.27. The van der Waals surface area contributed by atoms with E-state index in [2.05, 4.69) is 11.6 Å². The molecule has 2 rings (SSSR count). The molecular formula is C14H22N2O2S. The van der Waals surface area contributed by atoms with Crippen LogP contribution in [0.4, 0.5) is 5.69 Å². The fourth-order valence-electron chi connectivity index (χ4n) is 2.71. The van der Waals surface area contributed by atoms with Gasteiger partial charge in [-0.25, -0.2) is 13.1 Å². The third kappa shape index (κ3) is 3.28. The lowest BCUT2D eigenvalue weighted by Gasteiger charge is -2.15. The van der Waals surface area contributed by atoms with Gasteiger partial charge in [-0.2, -0.15) is 0 Å². The van der Waals surface area contributed by atoms with E-state index in [1.54, 1.807) is 18.2 Å². The fourth-order valence-corrected chi connectivity index (χ4v) is 4.34. The monoisotopic (exact) mass is 282 g/mol. The molecule has 4 nitrogen and oxygen atoms in total. The number of anilines is 1. The maximum atomic E-state index is 12.5. The highest BCUT2D eigenvalue weighted by molar-refractivity contribution is 7.89. The summed E-state index contributed by atoms with van der Waals surface area (Å²) in [5.74, 6) is 0.596. The van der Waals surface area contributed by atoms with Crippen LogP contribution in [0.2, 0.25) is 0 Å². The van der Waals surface area contributed by atoms with Gasteiger partial charge < -0.3 is 5.73 Å². The summed E-state index contributed by atoms with van der Waals surface area (Å²) in [6.45, 7) is 4.11. The van der Waals surface area contributed by atoms with Crippen molar-refractivity contribution >= 4 is 15.7 Å². The molecule has 0 bridgehead atoms. The van der Waals surface area contributed by atoms with Crippen LogP contribution in [0.5, 0.6) is 0 Å². The van der Waals surface area contributed by atoms with Gasteiger partial charge in [-0.15, -0.1) is 0 Å². The summed E-state index contributed by atoms with van der Waals surface area (Å²) in [6.07, 6.45) is 3.61. The number of hydrogen-bond acceptors (Lipinski definition) is 3. The highest BCUT2D eigenvalue weighted by atomic mass is 32.2. The molecule has 2 atom stereocenters. The first-order valence-corrected chi connectivity index (χ1v) is 8.31. The second-order valence-corrected chi connectivity index (χ2v) is 7.14. The first-order chi connectivity index (χ1) is 8.92. The maximum absolute atomic E-state index is 12.5. The van der Waals surface area contributed by atoms with E-state index in [0.29, 0.717) is 22.9 Å². The second kappa shape index (κ2) is 5.51. The normalized spacial score (nSPS) is 23.7. The minimum atomic E-state index is -3.46. The largest absolute Gasteiger partial charge is 0.399 e. The molecule has 0 heterocycles. The van der Waals surface area contributed by atoms with E-state index in [1.807, 2.05) is 6.92 Å². The number of hydrogen-bond donors (Lipinski definition) is 2. The zero-order valence-electron chi connectivity index (χ0n) is 11.5. The lowest BCUT2D eigenvalue weighted by Crippen LogP contribution is -2.33. The van der Waals surface area contributed by atoms with Gasteiger partial charge in [0.05, 0.1) is 4.90 Å². The molecule has 0 spiro atoms. The zero-order chi connectivity index (χ0) is 14.0. The summed E-state index contributed by atoms with van der Waals surface area (Å²) in [6, 6.07) is 5.15. The molecule has 1 aliphatic carbocycles. The number of sulfonamides is 1. The topological polar surface area (TPSA) is 72.2 Å². The Kier molecular flexibility index (Phi) is 4.16. The molecule has 19 heavy (non-hydrogen) atoms. The van der Waals surface area contributed by atoms with Gasteiger partial charge in [0.2, 0.25) is 10.0 Å². The minimum Gasteiger partial charge on any atom is -0.399 e. The van der Waals surface area contributed by atoms with Gasteiger partial charge >= 0.3 is 0 Å². The molecule has 0 aromatic heterocycles. The maximum Gasteiger partial charge on any atom is 0.241 e. The average Bonchev–Trinajstić information content (AvgIpc) is 2.74. The molecule has 1 aromatic carbocycles. The quantitative estimate of drug-likeness (QED) is 0.832. The number of aryl methyl sites for hydroxylation is 1. The predicted octanol–water partition coefficient (Wildman–Crippen LogP) is 2.30. The Morgan fingerprint density at radius 1 is 1.37 bits per heavy atom. The van der Waals surface area contributed by atoms with E-state index in [0.717, 1.165) is 24.8 Å². The Morgan fingerprint density at radius 2 is 2.11 bits per heavy atom. The van der Waals surface area contributed by atoms with E-state index in [4.69, 9.17) is 5.73 Å². The predicted molar refractivity (Wildman–Crippen MR) is 77.4 cm³/mol. The fraction of sp³-hybridized carbons (Fsp3) is 0.571. The molecule has 2 unspecified atom stereocenters. The molecule has 0 radical (unpaired) electrons. The van der Waals surface area contributed by atoms with Gasteiger partial charge in [-0.05, 0) is 49.3 Å². The SMILES string of the molecule is CCc1ccc(N)cc1S(=O)(=O)NC1CCC(C)C1. The number of benzene rings is 1. The van der Waals surface area contributed by atoms with Gasteiger partial charge in [0.1, 0.15) is 0 Å². The van der Waals surface area contributed by atoms with E-state index in [9.17, 15) is 8.42 Å². The molecule has 0 saturated heterocycles. The molecule has 1 aliphatic rings. The summed E-state index contributed by atoms with van der Waals surface area (Å²) in [5, 5.41) is 0. The van der Waals surface area contributed by atoms with Crippen molar-refractivity contribution in [2.24, 2.45) is 5.92 Å². The summed E-state index contributed by atoms with van der Waals surface area (Å²) in [4.78, 5) is 0.328. The van der Waals surface area contributed by atoms with Gasteiger partial charge in [-0.1, -0.05) is 19.9 Å². The van der Waals surface area contributed by atoms with Crippen molar-refractivity contribution in [2.45, 2.75) is 50.5 Å². The van der Waals surface area contributed by atoms with Crippen LogP contribution in [0, 0.1) is 5.92 Å². The van der Waals surface area contributed by atoms with Crippen molar-refractivity contribution in [3.63, 3.8) is 0 Å². The summed E-state index contributed by atoms with van der Waals surface area (Å²) in [5.41, 5.74) is 7.01. The molecule has 1 saturated carbocycles. The van der Waals surface area contributed by atoms with Crippen molar-refractivity contribution in [3.8, 4) is 0 Å². The van der Waals surface area contributed by atoms with E-state index < -0.39 is 10.0 Å². The molecule has 3 N–H and O–H groups in total. The van der Waals surface area contributed by atoms with Gasteiger partial charge in [0.15, 0.2) is 0 Å². The van der Waals surface area contributed by atoms with Gasteiger partial charge in [0.25, 0.3) is 0 Å². The molecule has 0 aliphatic heterocycles. The van der Waals surface area contributed by atoms with Crippen LogP contribution in [0.3, 0.4) is 0 Å². The molecule has 1 aromatic rings. The molecule has 5 heteroatoms. The molecule has 106 valence electrons. The lowest BCUT2D eigenvalue weighted by atomic mass is 10.1. The first kappa shape index (κ1) is 14.3. The zero-order valence-corrected chi connectivity index (χ0v) is 12.3. The van der Waals surface area contributed by atoms with E-state index in [-0.39, 0.29) is 6.04 Å². The molecule has 1 fully saturated rings. The summed E-state index contributed by atoms with van der Waals surface area (Å²) >= 11 is 0. The van der Waals surface area contributed by atoms with Crippen molar-refractivity contribution in [3.05, 3.63) is 23.8 Å². The van der Waals surface area contributed by atoms with E-state index >= 15 is 0 Å². The van der Waals surface area contributed by atoms with Gasteiger partial charge in [0, 0.05) is 11.7 Å². The first-order valence-electron chi connectivity index (χ1n) is 6.83. The van der Waals surface area contributed by atoms with Crippen molar-refractivity contribution < 1.29 is 8.42 Å². The number of rotatable bonds is 4. The summed E-state index contributed by atoms with van der Waals surface area (Å²) < 4.78 is 27.7. The highest BCUT2D eigenvalue weighted by Gasteiger charge is 2.27. The Labute approximate surface area is 115 Å². The van der Waals surface area contributed by atoms with Crippen LogP contribution < -0.4 is 10.5 Å². The third-order valence-electron chi connectivity index (χ3n) is 3.78. The Hall–Kier alpha value is -1.07. The van der Waals surface area contributed by atoms with Crippen LogP contribution in [0.15, 0.2) is 23.1 Å². The smallest absolute Gasteiger partial charge is 0.241 e. The van der Waals surface area contributed by atoms with Crippen LogP contribution in [0.1, 0.15) is 38.7 Å². The van der Waals surface area contributed by atoms with E-state index in [1.165, 1.54) is 0 Å². The van der Waals surface area contributed by atoms with Crippen molar-refractivity contribution in [1.82, 2.24) is 4.72 Å².